The molecule has 0 saturated carbocycles. The number of nitrogens with zero attached hydrogens (tertiary/aromatic N) is 1. The van der Waals surface area contributed by atoms with Gasteiger partial charge in [0.05, 0.1) is 32.3 Å². The molecule has 0 aliphatic carbocycles. The van der Waals surface area contributed by atoms with Gasteiger partial charge in [0.15, 0.2) is 0 Å². The van der Waals surface area contributed by atoms with Gasteiger partial charge >= 0.3 is 0 Å². The molecule has 1 aliphatic rings. The van der Waals surface area contributed by atoms with Gasteiger partial charge in [0.1, 0.15) is 5.75 Å². The molecule has 2 aromatic carbocycles. The minimum absolute atomic E-state index is 0.0541. The zero-order chi connectivity index (χ0) is 17.6. The molecule has 0 bridgehead atoms. The molecule has 25 heavy (non-hydrogen) atoms. The second-order valence-electron chi connectivity index (χ2n) is 6.57. The molecule has 0 spiro atoms. The maximum absolute atomic E-state index is 12.8. The number of carbonyl (C=O) groups excluding carboxylic acids is 1. The van der Waals surface area contributed by atoms with Crippen molar-refractivity contribution in [2.24, 2.45) is 0 Å². The fourth-order valence-electron chi connectivity index (χ4n) is 3.18. The fraction of sp³-hybridized carbons (Fsp3) is 0.381. The van der Waals surface area contributed by atoms with Gasteiger partial charge in [0.25, 0.3) is 0 Å². The average Bonchev–Trinajstić information content (AvgIpc) is 2.65. The van der Waals surface area contributed by atoms with E-state index in [4.69, 9.17) is 9.47 Å². The summed E-state index contributed by atoms with van der Waals surface area (Å²) in [5.74, 6) is 0.956. The molecule has 0 N–H and O–H groups in total. The van der Waals surface area contributed by atoms with Crippen LogP contribution in [0.1, 0.15) is 18.1 Å². The molecule has 3 rings (SSSR count). The Kier molecular flexibility index (Phi) is 5.71. The lowest BCUT2D eigenvalue weighted by Crippen LogP contribution is -2.52. The largest absolute Gasteiger partial charge is 0.497 e. The van der Waals surface area contributed by atoms with Crippen molar-refractivity contribution >= 4 is 5.91 Å². The van der Waals surface area contributed by atoms with Crippen molar-refractivity contribution in [2.75, 3.05) is 20.3 Å². The molecule has 4 nitrogen and oxygen atoms in total. The van der Waals surface area contributed by atoms with E-state index in [1.165, 1.54) is 5.56 Å². The summed E-state index contributed by atoms with van der Waals surface area (Å²) in [6, 6.07) is 18.1. The van der Waals surface area contributed by atoms with E-state index < -0.39 is 0 Å². The molecule has 1 fully saturated rings. The number of hydrogen-bond acceptors (Lipinski definition) is 3. The lowest BCUT2D eigenvalue weighted by atomic mass is 10.0. The molecule has 2 unspecified atom stereocenters. The predicted molar refractivity (Wildman–Crippen MR) is 97.8 cm³/mol. The van der Waals surface area contributed by atoms with Crippen LogP contribution in [-0.4, -0.2) is 43.2 Å². The molecule has 0 radical (unpaired) electrons. The Hall–Kier alpha value is -2.33. The molecule has 1 amide bonds. The summed E-state index contributed by atoms with van der Waals surface area (Å²) in [5.41, 5.74) is 2.24. The van der Waals surface area contributed by atoms with E-state index in [1.54, 1.807) is 7.11 Å². The number of rotatable bonds is 5. The van der Waals surface area contributed by atoms with Gasteiger partial charge < -0.3 is 14.4 Å². The average molecular weight is 339 g/mol. The van der Waals surface area contributed by atoms with Crippen LogP contribution >= 0.6 is 0 Å². The van der Waals surface area contributed by atoms with Gasteiger partial charge in [-0.3, -0.25) is 4.79 Å². The standard InChI is InChI=1S/C21H25NO3/c1-16-15-25-20(12-17-6-4-3-5-7-17)14-22(16)21(23)13-18-8-10-19(24-2)11-9-18/h3-11,16,20H,12-15H2,1-2H3. The van der Waals surface area contributed by atoms with Gasteiger partial charge in [-0.05, 0) is 30.2 Å². The Bertz CT molecular complexity index is 684. The molecule has 132 valence electrons. The first-order chi connectivity index (χ1) is 12.2. The third kappa shape index (κ3) is 4.60. The van der Waals surface area contributed by atoms with Crippen molar-refractivity contribution in [1.82, 2.24) is 4.90 Å². The zero-order valence-corrected chi connectivity index (χ0v) is 14.9. The van der Waals surface area contributed by atoms with Gasteiger partial charge in [0, 0.05) is 13.0 Å². The quantitative estimate of drug-likeness (QED) is 0.840. The highest BCUT2D eigenvalue weighted by Crippen LogP contribution is 2.18. The highest BCUT2D eigenvalue weighted by atomic mass is 16.5. The molecular weight excluding hydrogens is 314 g/mol. The number of methoxy groups -OCH3 is 1. The second-order valence-corrected chi connectivity index (χ2v) is 6.57. The smallest absolute Gasteiger partial charge is 0.227 e. The Morgan fingerprint density at radius 3 is 2.52 bits per heavy atom. The molecule has 0 aromatic heterocycles. The summed E-state index contributed by atoms with van der Waals surface area (Å²) in [6.07, 6.45) is 1.30. The van der Waals surface area contributed by atoms with Crippen molar-refractivity contribution in [3.8, 4) is 5.75 Å². The first-order valence-electron chi connectivity index (χ1n) is 8.73. The molecule has 1 aliphatic heterocycles. The van der Waals surface area contributed by atoms with Gasteiger partial charge in [-0.2, -0.15) is 0 Å². The van der Waals surface area contributed by atoms with Crippen LogP contribution in [-0.2, 0) is 22.4 Å². The Balaban J connectivity index is 1.61. The molecule has 2 atom stereocenters. The number of carbonyl (C=O) groups is 1. The van der Waals surface area contributed by atoms with E-state index in [0.29, 0.717) is 19.6 Å². The van der Waals surface area contributed by atoms with Crippen LogP contribution in [0.4, 0.5) is 0 Å². The topological polar surface area (TPSA) is 38.8 Å². The monoisotopic (exact) mass is 339 g/mol. The maximum atomic E-state index is 12.8. The SMILES string of the molecule is COc1ccc(CC(=O)N2CC(Cc3ccccc3)OCC2C)cc1. The van der Waals surface area contributed by atoms with Crippen molar-refractivity contribution in [2.45, 2.75) is 31.9 Å². The van der Waals surface area contributed by atoms with E-state index in [-0.39, 0.29) is 18.1 Å². The molecule has 1 saturated heterocycles. The molecular formula is C21H25NO3. The lowest BCUT2D eigenvalue weighted by Gasteiger charge is -2.38. The number of ether oxygens (including phenoxy) is 2. The van der Waals surface area contributed by atoms with Crippen LogP contribution in [0.2, 0.25) is 0 Å². The molecule has 2 aromatic rings. The number of hydrogen-bond donors (Lipinski definition) is 0. The Labute approximate surface area is 149 Å². The minimum atomic E-state index is 0.0541. The van der Waals surface area contributed by atoms with Crippen LogP contribution in [0.5, 0.6) is 5.75 Å². The van der Waals surface area contributed by atoms with Gasteiger partial charge in [-0.15, -0.1) is 0 Å². The fourth-order valence-corrected chi connectivity index (χ4v) is 3.18. The van der Waals surface area contributed by atoms with Gasteiger partial charge in [0.2, 0.25) is 5.91 Å². The molecule has 1 heterocycles. The maximum Gasteiger partial charge on any atom is 0.227 e. The second kappa shape index (κ2) is 8.17. The summed E-state index contributed by atoms with van der Waals surface area (Å²) in [4.78, 5) is 14.7. The summed E-state index contributed by atoms with van der Waals surface area (Å²) in [7, 11) is 1.64. The van der Waals surface area contributed by atoms with E-state index in [2.05, 4.69) is 12.1 Å². The van der Waals surface area contributed by atoms with Crippen LogP contribution in [0.3, 0.4) is 0 Å². The van der Waals surface area contributed by atoms with Crippen molar-refractivity contribution in [3.63, 3.8) is 0 Å². The van der Waals surface area contributed by atoms with Crippen LogP contribution in [0.25, 0.3) is 0 Å². The van der Waals surface area contributed by atoms with E-state index in [0.717, 1.165) is 17.7 Å². The van der Waals surface area contributed by atoms with Gasteiger partial charge in [-0.25, -0.2) is 0 Å². The lowest BCUT2D eigenvalue weighted by molar-refractivity contribution is -0.143. The predicted octanol–water partition coefficient (Wildman–Crippen LogP) is 3.10. The zero-order valence-electron chi connectivity index (χ0n) is 14.9. The number of morpholine rings is 1. The van der Waals surface area contributed by atoms with Gasteiger partial charge in [-0.1, -0.05) is 42.5 Å². The normalized spacial score (nSPS) is 20.3. The minimum Gasteiger partial charge on any atom is -0.497 e. The summed E-state index contributed by atoms with van der Waals surface area (Å²) in [5, 5.41) is 0. The van der Waals surface area contributed by atoms with Crippen LogP contribution in [0, 0.1) is 0 Å². The summed E-state index contributed by atoms with van der Waals surface area (Å²) < 4.78 is 11.1. The molecule has 4 heteroatoms. The number of amides is 1. The third-order valence-electron chi connectivity index (χ3n) is 4.65. The van der Waals surface area contributed by atoms with E-state index >= 15 is 0 Å². The first-order valence-corrected chi connectivity index (χ1v) is 8.73. The van der Waals surface area contributed by atoms with Crippen molar-refractivity contribution in [3.05, 3.63) is 65.7 Å². The highest BCUT2D eigenvalue weighted by molar-refractivity contribution is 5.79. The summed E-state index contributed by atoms with van der Waals surface area (Å²) in [6.45, 7) is 3.28. The van der Waals surface area contributed by atoms with Crippen LogP contribution < -0.4 is 4.74 Å². The summed E-state index contributed by atoms with van der Waals surface area (Å²) >= 11 is 0. The first kappa shape index (κ1) is 17.5. The van der Waals surface area contributed by atoms with E-state index in [9.17, 15) is 4.79 Å². The van der Waals surface area contributed by atoms with Crippen LogP contribution in [0.15, 0.2) is 54.6 Å². The Morgan fingerprint density at radius 2 is 1.84 bits per heavy atom. The Morgan fingerprint density at radius 1 is 1.12 bits per heavy atom. The van der Waals surface area contributed by atoms with Crippen molar-refractivity contribution in [1.29, 1.82) is 0 Å². The third-order valence-corrected chi connectivity index (χ3v) is 4.65. The van der Waals surface area contributed by atoms with E-state index in [1.807, 2.05) is 54.3 Å². The van der Waals surface area contributed by atoms with Crippen molar-refractivity contribution < 1.29 is 14.3 Å². The number of benzene rings is 2. The highest BCUT2D eigenvalue weighted by Gasteiger charge is 2.29.